The van der Waals surface area contributed by atoms with E-state index >= 15 is 0 Å². The van der Waals surface area contributed by atoms with Gasteiger partial charge in [0.05, 0.1) is 18.6 Å². The Kier molecular flexibility index (Phi) is 5.84. The van der Waals surface area contributed by atoms with Crippen LogP contribution in [0.2, 0.25) is 0 Å². The topological polar surface area (TPSA) is 61.4 Å². The average Bonchev–Trinajstić information content (AvgIpc) is 2.85. The lowest BCUT2D eigenvalue weighted by Crippen LogP contribution is -2.39. The molecule has 2 heterocycles. The predicted octanol–water partition coefficient (Wildman–Crippen LogP) is 1.65. The van der Waals surface area contributed by atoms with Gasteiger partial charge in [-0.1, -0.05) is 21.9 Å². The van der Waals surface area contributed by atoms with Crippen molar-refractivity contribution in [2.45, 2.75) is 6.42 Å². The molecule has 3 rings (SSSR count). The number of benzene rings is 1. The maximum atomic E-state index is 11.9. The van der Waals surface area contributed by atoms with Crippen LogP contribution in [-0.2, 0) is 4.79 Å². The molecule has 25 heavy (non-hydrogen) atoms. The molecule has 1 saturated heterocycles. The van der Waals surface area contributed by atoms with E-state index in [1.807, 2.05) is 12.1 Å². The molecule has 130 valence electrons. The van der Waals surface area contributed by atoms with Crippen LogP contribution in [0.4, 0.5) is 5.82 Å². The summed E-state index contributed by atoms with van der Waals surface area (Å²) in [7, 11) is 0. The van der Waals surface area contributed by atoms with Gasteiger partial charge >= 0.3 is 0 Å². The highest BCUT2D eigenvalue weighted by atomic mass is 79.9. The van der Waals surface area contributed by atoms with E-state index in [9.17, 15) is 4.79 Å². The SMILES string of the molecule is C#CCNC(=O)CN1CCCN(c2ncnc3ccc(Br)cc23)CC1. The van der Waals surface area contributed by atoms with Gasteiger partial charge in [-0.25, -0.2) is 9.97 Å². The molecule has 0 atom stereocenters. The number of aromatic nitrogens is 2. The molecule has 0 radical (unpaired) electrons. The molecule has 6 nitrogen and oxygen atoms in total. The summed E-state index contributed by atoms with van der Waals surface area (Å²) >= 11 is 3.52. The maximum Gasteiger partial charge on any atom is 0.234 e. The van der Waals surface area contributed by atoms with Gasteiger partial charge in [0.15, 0.2) is 0 Å². The third-order valence-corrected chi connectivity index (χ3v) is 4.71. The second-order valence-corrected chi connectivity index (χ2v) is 6.87. The summed E-state index contributed by atoms with van der Waals surface area (Å²) in [4.78, 5) is 25.1. The first-order valence-corrected chi connectivity index (χ1v) is 9.04. The minimum Gasteiger partial charge on any atom is -0.355 e. The van der Waals surface area contributed by atoms with Crippen molar-refractivity contribution in [3.05, 3.63) is 29.0 Å². The molecular formula is C18H20BrN5O. The Morgan fingerprint density at radius 3 is 3.00 bits per heavy atom. The highest BCUT2D eigenvalue weighted by Crippen LogP contribution is 2.26. The van der Waals surface area contributed by atoms with E-state index in [4.69, 9.17) is 6.42 Å². The van der Waals surface area contributed by atoms with E-state index in [1.54, 1.807) is 6.33 Å². The first kappa shape index (κ1) is 17.6. The van der Waals surface area contributed by atoms with E-state index in [0.29, 0.717) is 6.54 Å². The standard InChI is InChI=1S/C18H20BrN5O/c1-2-6-20-17(25)12-23-7-3-8-24(10-9-23)18-15-11-14(19)4-5-16(15)21-13-22-18/h1,4-5,11,13H,3,6-10,12H2,(H,20,25). The van der Waals surface area contributed by atoms with E-state index in [1.165, 1.54) is 0 Å². The number of carbonyl (C=O) groups is 1. The van der Waals surface area contributed by atoms with Crippen molar-refractivity contribution in [3.63, 3.8) is 0 Å². The van der Waals surface area contributed by atoms with Crippen molar-refractivity contribution in [2.24, 2.45) is 0 Å². The van der Waals surface area contributed by atoms with Crippen LogP contribution in [0, 0.1) is 12.3 Å². The maximum absolute atomic E-state index is 11.9. The predicted molar refractivity (Wildman–Crippen MR) is 102 cm³/mol. The molecule has 2 aromatic rings. The Labute approximate surface area is 155 Å². The second-order valence-electron chi connectivity index (χ2n) is 5.96. The summed E-state index contributed by atoms with van der Waals surface area (Å²) in [5.74, 6) is 3.35. The van der Waals surface area contributed by atoms with Crippen LogP contribution in [0.1, 0.15) is 6.42 Å². The van der Waals surface area contributed by atoms with Crippen LogP contribution >= 0.6 is 15.9 Å². The Balaban J connectivity index is 1.70. The number of nitrogens with one attached hydrogen (secondary N) is 1. The number of carbonyl (C=O) groups excluding carboxylic acids is 1. The van der Waals surface area contributed by atoms with Crippen molar-refractivity contribution in [2.75, 3.05) is 44.2 Å². The normalized spacial score (nSPS) is 15.6. The Bertz CT molecular complexity index is 804. The summed E-state index contributed by atoms with van der Waals surface area (Å²) in [5.41, 5.74) is 0.933. The van der Waals surface area contributed by atoms with E-state index < -0.39 is 0 Å². The molecule has 1 amide bonds. The fourth-order valence-electron chi connectivity index (χ4n) is 3.02. The molecule has 0 saturated carbocycles. The molecule has 0 spiro atoms. The van der Waals surface area contributed by atoms with Crippen molar-refractivity contribution in [1.82, 2.24) is 20.2 Å². The van der Waals surface area contributed by atoms with Gasteiger partial charge in [0.25, 0.3) is 0 Å². The zero-order valence-electron chi connectivity index (χ0n) is 13.9. The van der Waals surface area contributed by atoms with Crippen LogP contribution in [0.5, 0.6) is 0 Å². The summed E-state index contributed by atoms with van der Waals surface area (Å²) < 4.78 is 1.01. The molecule has 1 aromatic carbocycles. The Morgan fingerprint density at radius 2 is 2.16 bits per heavy atom. The molecule has 1 aliphatic heterocycles. The summed E-state index contributed by atoms with van der Waals surface area (Å²) in [6, 6.07) is 6.03. The number of hydrogen-bond donors (Lipinski definition) is 1. The minimum atomic E-state index is -0.0252. The summed E-state index contributed by atoms with van der Waals surface area (Å²) in [6.07, 6.45) is 7.76. The van der Waals surface area contributed by atoms with Crippen LogP contribution in [0.3, 0.4) is 0 Å². The molecule has 0 aliphatic carbocycles. The number of anilines is 1. The molecule has 1 fully saturated rings. The largest absolute Gasteiger partial charge is 0.355 e. The minimum absolute atomic E-state index is 0.0252. The van der Waals surface area contributed by atoms with E-state index in [-0.39, 0.29) is 12.5 Å². The van der Waals surface area contributed by atoms with Crippen molar-refractivity contribution < 1.29 is 4.79 Å². The smallest absolute Gasteiger partial charge is 0.234 e. The molecule has 1 aliphatic rings. The van der Waals surface area contributed by atoms with Crippen LogP contribution in [0.15, 0.2) is 29.0 Å². The van der Waals surface area contributed by atoms with Gasteiger partial charge in [-0.05, 0) is 24.6 Å². The molecule has 1 aromatic heterocycles. The fourth-order valence-corrected chi connectivity index (χ4v) is 3.38. The van der Waals surface area contributed by atoms with E-state index in [2.05, 4.69) is 53.0 Å². The molecule has 0 bridgehead atoms. The van der Waals surface area contributed by atoms with Gasteiger partial charge in [-0.2, -0.15) is 0 Å². The third kappa shape index (κ3) is 4.47. The number of halogens is 1. The highest BCUT2D eigenvalue weighted by molar-refractivity contribution is 9.10. The van der Waals surface area contributed by atoms with Gasteiger partial charge in [-0.15, -0.1) is 6.42 Å². The zero-order chi connectivity index (χ0) is 17.6. The van der Waals surface area contributed by atoms with Gasteiger partial charge < -0.3 is 10.2 Å². The van der Waals surface area contributed by atoms with Crippen molar-refractivity contribution in [1.29, 1.82) is 0 Å². The number of terminal acetylenes is 1. The lowest BCUT2D eigenvalue weighted by Gasteiger charge is -2.23. The van der Waals surface area contributed by atoms with Crippen molar-refractivity contribution >= 4 is 38.6 Å². The lowest BCUT2D eigenvalue weighted by molar-refractivity contribution is -0.121. The summed E-state index contributed by atoms with van der Waals surface area (Å²) in [6.45, 7) is 4.07. The van der Waals surface area contributed by atoms with Gasteiger partial charge in [-0.3, -0.25) is 9.69 Å². The highest BCUT2D eigenvalue weighted by Gasteiger charge is 2.19. The Morgan fingerprint density at radius 1 is 1.28 bits per heavy atom. The second kappa shape index (κ2) is 8.28. The summed E-state index contributed by atoms with van der Waals surface area (Å²) in [5, 5.41) is 3.76. The fraction of sp³-hybridized carbons (Fsp3) is 0.389. The molecular weight excluding hydrogens is 382 g/mol. The first-order chi connectivity index (χ1) is 12.2. The lowest BCUT2D eigenvalue weighted by atomic mass is 10.2. The first-order valence-electron chi connectivity index (χ1n) is 8.25. The monoisotopic (exact) mass is 401 g/mol. The van der Waals surface area contributed by atoms with Crippen LogP contribution in [-0.4, -0.2) is 60.0 Å². The van der Waals surface area contributed by atoms with Crippen LogP contribution in [0.25, 0.3) is 10.9 Å². The number of nitrogens with zero attached hydrogens (tertiary/aromatic N) is 4. The van der Waals surface area contributed by atoms with Crippen LogP contribution < -0.4 is 10.2 Å². The van der Waals surface area contributed by atoms with Gasteiger partial charge in [0.1, 0.15) is 12.1 Å². The molecule has 1 N–H and O–H groups in total. The molecule has 0 unspecified atom stereocenters. The zero-order valence-corrected chi connectivity index (χ0v) is 15.5. The third-order valence-electron chi connectivity index (χ3n) is 4.22. The number of fused-ring (bicyclic) bond motifs is 1. The average molecular weight is 402 g/mol. The number of hydrogen-bond acceptors (Lipinski definition) is 5. The van der Waals surface area contributed by atoms with Gasteiger partial charge in [0, 0.05) is 36.0 Å². The van der Waals surface area contributed by atoms with Crippen molar-refractivity contribution in [3.8, 4) is 12.3 Å². The quantitative estimate of drug-likeness (QED) is 0.789. The number of amides is 1. The van der Waals surface area contributed by atoms with Gasteiger partial charge in [0.2, 0.25) is 5.91 Å². The molecule has 7 heteroatoms. The number of rotatable bonds is 4. The Hall–Kier alpha value is -2.17. The van der Waals surface area contributed by atoms with E-state index in [0.717, 1.165) is 53.8 Å².